The molecule has 0 spiro atoms. The predicted molar refractivity (Wildman–Crippen MR) is 345 cm³/mol. The molecule has 8 fully saturated rings. The standard InChI is InChI=1S/C69H107N7O21/c1-37-61(89-26-13-9-11-15-51(81)70-24-12-8-7-10-16-52(82)74-64-58-65(72-35-71-64)76(36-73-58)66-60(87)59(86)49(95-66)33-75(6)25-14-17-53(83)84)46(77)30-56(91-37)96-63-39(3)93-57(32-48(63)79)97-62-38(2)92-55(31-47(62)78)94-42-20-22-67(4)41(28-42)18-19-44-45(67)29-50(80)68(5)43(21-23-69(44,68)88)40-27-54(85)90-34-40/h27,35-39,41-50,55-57,59-63,66,77-80,86-88H,7-26,28-34H2,1-6H3,(H,70,81)(H,83,84)(H,71,72,74,82)/t37-,38-,39-,41-,42-,43-,44?,45+,46+,47+,48+,49-,50-,55+,56?,57?,59-,60-,61-,62-,63-,66-,67+,68+,69+/m1/s1. The highest BCUT2D eigenvalue weighted by Crippen LogP contribution is 2.70. The second kappa shape index (κ2) is 31.8. The minimum atomic E-state index is -1.29. The molecule has 9 aliphatic rings. The summed E-state index contributed by atoms with van der Waals surface area (Å²) in [5, 5.41) is 95.2. The molecule has 5 aliphatic heterocycles. The molecule has 3 unspecified atom stereocenters. The summed E-state index contributed by atoms with van der Waals surface area (Å²) in [6.07, 6.45) is 2.98. The number of carboxylic acid groups (broad SMARTS) is 1. The van der Waals surface area contributed by atoms with Gasteiger partial charge in [0.1, 0.15) is 49.6 Å². The van der Waals surface area contributed by atoms with E-state index in [9.17, 15) is 54.9 Å². The molecule has 25 atom stereocenters. The number of aliphatic carboxylic acids is 1. The zero-order chi connectivity index (χ0) is 69.1. The molecule has 7 heterocycles. The first-order valence-electron chi connectivity index (χ1n) is 35.9. The minimum Gasteiger partial charge on any atom is -0.481 e. The van der Waals surface area contributed by atoms with Gasteiger partial charge >= 0.3 is 11.9 Å². The normalized spacial score (nSPS) is 40.5. The van der Waals surface area contributed by atoms with Crippen LogP contribution >= 0.6 is 0 Å². The van der Waals surface area contributed by atoms with Gasteiger partial charge in [-0.05, 0) is 152 Å². The minimum absolute atomic E-state index is 0.0179. The molecule has 0 bridgehead atoms. The number of amides is 2. The number of nitrogens with one attached hydrogen (secondary N) is 2. The molecular weight excluding hydrogens is 1260 g/mol. The molecule has 2 aromatic rings. The average molecular weight is 1370 g/mol. The Bertz CT molecular complexity index is 3000. The highest BCUT2D eigenvalue weighted by molar-refractivity contribution is 5.96. The number of rotatable bonds is 29. The number of fused-ring (bicyclic) bond motifs is 6. The monoisotopic (exact) mass is 1370 g/mol. The lowest BCUT2D eigenvalue weighted by Crippen LogP contribution is -2.67. The van der Waals surface area contributed by atoms with E-state index in [1.165, 1.54) is 17.2 Å². The fraction of sp³-hybridized carbons (Fsp3) is 0.841. The van der Waals surface area contributed by atoms with Crippen LogP contribution in [0.25, 0.3) is 11.2 Å². The summed E-state index contributed by atoms with van der Waals surface area (Å²) in [5.74, 6) is -0.894. The second-order valence-corrected chi connectivity index (χ2v) is 29.9. The van der Waals surface area contributed by atoms with Gasteiger partial charge in [0.05, 0.1) is 60.8 Å². The van der Waals surface area contributed by atoms with Gasteiger partial charge in [0.2, 0.25) is 11.8 Å². The van der Waals surface area contributed by atoms with Gasteiger partial charge in [-0.2, -0.15) is 0 Å². The Morgan fingerprint density at radius 3 is 2.01 bits per heavy atom. The van der Waals surface area contributed by atoms with Gasteiger partial charge in [0.15, 0.2) is 42.1 Å². The highest BCUT2D eigenvalue weighted by Gasteiger charge is 2.71. The molecule has 2 aromatic heterocycles. The Morgan fingerprint density at radius 1 is 0.701 bits per heavy atom. The maximum atomic E-state index is 12.9. The van der Waals surface area contributed by atoms with Crippen LogP contribution in [-0.2, 0) is 61.8 Å². The van der Waals surface area contributed by atoms with E-state index in [1.807, 2.05) is 25.7 Å². The van der Waals surface area contributed by atoms with Crippen molar-refractivity contribution in [2.75, 3.05) is 45.2 Å². The van der Waals surface area contributed by atoms with Crippen LogP contribution in [0.4, 0.5) is 5.82 Å². The lowest BCUT2D eigenvalue weighted by molar-refractivity contribution is -0.337. The lowest BCUT2D eigenvalue weighted by atomic mass is 9.42. The summed E-state index contributed by atoms with van der Waals surface area (Å²) in [6.45, 7) is 11.7. The number of imidazole rings is 1. The summed E-state index contributed by atoms with van der Waals surface area (Å²) >= 11 is 0. The van der Waals surface area contributed by atoms with Crippen molar-refractivity contribution in [2.24, 2.45) is 34.5 Å². The molecular formula is C69H107N7O21. The van der Waals surface area contributed by atoms with E-state index in [-0.39, 0.29) is 98.1 Å². The molecule has 11 rings (SSSR count). The zero-order valence-corrected chi connectivity index (χ0v) is 57.1. The average Bonchev–Trinajstić information content (AvgIpc) is 1.65. The molecule has 4 saturated heterocycles. The van der Waals surface area contributed by atoms with Crippen LogP contribution in [0.5, 0.6) is 0 Å². The number of cyclic esters (lactones) is 1. The largest absolute Gasteiger partial charge is 0.481 e. The van der Waals surface area contributed by atoms with Crippen LogP contribution in [0.15, 0.2) is 24.3 Å². The van der Waals surface area contributed by atoms with Crippen molar-refractivity contribution in [3.63, 3.8) is 0 Å². The third-order valence-electron chi connectivity index (χ3n) is 23.6. The van der Waals surface area contributed by atoms with E-state index in [1.54, 1.807) is 20.0 Å². The molecule has 2 amide bonds. The molecule has 97 heavy (non-hydrogen) atoms. The first-order valence-corrected chi connectivity index (χ1v) is 35.9. The molecule has 544 valence electrons. The van der Waals surface area contributed by atoms with Crippen molar-refractivity contribution in [1.82, 2.24) is 29.7 Å². The Hall–Kier alpha value is -4.47. The van der Waals surface area contributed by atoms with E-state index in [0.717, 1.165) is 69.8 Å². The fourth-order valence-corrected chi connectivity index (χ4v) is 18.2. The van der Waals surface area contributed by atoms with Gasteiger partial charge in [-0.15, -0.1) is 0 Å². The number of hydrogen-bond donors (Lipinski definition) is 10. The number of anilines is 1. The van der Waals surface area contributed by atoms with E-state index >= 15 is 0 Å². The number of aliphatic hydroxyl groups is 7. The van der Waals surface area contributed by atoms with Crippen LogP contribution < -0.4 is 10.6 Å². The van der Waals surface area contributed by atoms with Crippen LogP contribution in [0.1, 0.15) is 182 Å². The van der Waals surface area contributed by atoms with Gasteiger partial charge < -0.3 is 99.0 Å². The predicted octanol–water partition coefficient (Wildman–Crippen LogP) is 4.06. The van der Waals surface area contributed by atoms with Crippen LogP contribution in [-0.4, -0.2) is 239 Å². The number of carbonyl (C=O) groups is 4. The number of carbonyl (C=O) groups excluding carboxylic acids is 3. The Balaban J connectivity index is 0.518. The Labute approximate surface area is 567 Å². The van der Waals surface area contributed by atoms with Crippen molar-refractivity contribution < 1.29 is 103 Å². The maximum Gasteiger partial charge on any atom is 0.331 e. The van der Waals surface area contributed by atoms with Gasteiger partial charge in [-0.1, -0.05) is 33.1 Å². The topological polar surface area (TPSA) is 384 Å². The third kappa shape index (κ3) is 16.2. The van der Waals surface area contributed by atoms with Crippen molar-refractivity contribution in [2.45, 2.75) is 292 Å². The quantitative estimate of drug-likeness (QED) is 0.0312. The van der Waals surface area contributed by atoms with Crippen molar-refractivity contribution >= 4 is 40.7 Å². The van der Waals surface area contributed by atoms with E-state index in [4.69, 9.17) is 47.7 Å². The number of hydrogen-bond acceptors (Lipinski definition) is 24. The second-order valence-electron chi connectivity index (χ2n) is 29.9. The number of likely N-dealkylation sites (N-methyl/N-ethyl adjacent to an activating group) is 1. The number of ether oxygens (including phenoxy) is 9. The fourth-order valence-electron chi connectivity index (χ4n) is 18.2. The van der Waals surface area contributed by atoms with E-state index in [2.05, 4.69) is 32.5 Å². The molecule has 10 N–H and O–H groups in total. The number of aliphatic hydroxyl groups excluding tert-OH is 6. The number of aromatic nitrogens is 4. The van der Waals surface area contributed by atoms with E-state index < -0.39 is 121 Å². The molecule has 4 saturated carbocycles. The first kappa shape index (κ1) is 73.7. The summed E-state index contributed by atoms with van der Waals surface area (Å²) in [4.78, 5) is 63.2. The lowest BCUT2D eigenvalue weighted by Gasteiger charge is -2.65. The molecule has 28 nitrogen and oxygen atoms in total. The van der Waals surface area contributed by atoms with Gasteiger partial charge in [-0.25, -0.2) is 19.7 Å². The molecule has 0 radical (unpaired) electrons. The Kier molecular flexibility index (Phi) is 24.2. The summed E-state index contributed by atoms with van der Waals surface area (Å²) in [7, 11) is 1.78. The Morgan fingerprint density at radius 2 is 1.35 bits per heavy atom. The van der Waals surface area contributed by atoms with Crippen LogP contribution in [0, 0.1) is 34.5 Å². The zero-order valence-electron chi connectivity index (χ0n) is 57.1. The summed E-state index contributed by atoms with van der Waals surface area (Å²) in [6, 6.07) is 0. The smallest absolute Gasteiger partial charge is 0.331 e. The van der Waals surface area contributed by atoms with Crippen molar-refractivity contribution in [1.29, 1.82) is 0 Å². The SMILES string of the molecule is C[C@H]1OC(O[C@H]2[C@@H](O)CC(O[C@H]3[C@@H](O)C[C@H](O[C@@H]4CC[C@@]5(C)[C@H](CCC6[C@@H]5C[C@@H](O)[C@]5(C)[C@@H](C7=CC(=O)OC7)CC[C@]65O)C4)O[C@@H]3C)O[C@@H]2C)C[C@H](O)[C@@H]1OCCCCCC(=O)NCCCCCCC(=O)Nc1ncnc2c1ncn2[C@@H]1O[C@H](CN(C)CCCC(=O)O)[C@@H](O)[C@H]1O. The number of esters is 1. The molecule has 28 heteroatoms. The van der Waals surface area contributed by atoms with Gasteiger partial charge in [-0.3, -0.25) is 19.0 Å². The maximum absolute atomic E-state index is 12.9. The van der Waals surface area contributed by atoms with Crippen molar-refractivity contribution in [3.05, 3.63) is 24.3 Å². The summed E-state index contributed by atoms with van der Waals surface area (Å²) < 4.78 is 56.9. The first-order chi connectivity index (χ1) is 46.3. The molecule has 4 aliphatic carbocycles. The number of nitrogens with zero attached hydrogens (tertiary/aromatic N) is 5. The highest BCUT2D eigenvalue weighted by atomic mass is 16.7. The number of unbranched alkanes of at least 4 members (excludes halogenated alkanes) is 5. The summed E-state index contributed by atoms with van der Waals surface area (Å²) in [5.41, 5.74) is -0.402. The third-order valence-corrected chi connectivity index (χ3v) is 23.6. The van der Waals surface area contributed by atoms with Crippen LogP contribution in [0.2, 0.25) is 0 Å². The van der Waals surface area contributed by atoms with Crippen LogP contribution in [0.3, 0.4) is 0 Å². The van der Waals surface area contributed by atoms with Gasteiger partial charge in [0.25, 0.3) is 0 Å². The van der Waals surface area contributed by atoms with Crippen molar-refractivity contribution in [3.8, 4) is 0 Å². The van der Waals surface area contributed by atoms with E-state index in [0.29, 0.717) is 81.7 Å². The number of carboxylic acids is 1. The van der Waals surface area contributed by atoms with Gasteiger partial charge in [0, 0.05) is 69.7 Å². The molecule has 0 aromatic carbocycles.